The SMILES string of the molecule is C=C(OC)C1CCCCN1C(=O)OC[n+]1ccc(C(N)=O)cc1. The predicted octanol–water partition coefficient (Wildman–Crippen LogP) is 1.18. The number of amides is 2. The van der Waals surface area contributed by atoms with Crippen LogP contribution in [-0.4, -0.2) is 36.6 Å². The van der Waals surface area contributed by atoms with E-state index in [0.717, 1.165) is 19.3 Å². The number of primary amides is 1. The molecule has 0 saturated carbocycles. The van der Waals surface area contributed by atoms with Crippen LogP contribution < -0.4 is 10.3 Å². The van der Waals surface area contributed by atoms with Gasteiger partial charge in [0.15, 0.2) is 12.4 Å². The Morgan fingerprint density at radius 2 is 2.09 bits per heavy atom. The summed E-state index contributed by atoms with van der Waals surface area (Å²) < 4.78 is 12.2. The molecule has 2 heterocycles. The highest BCUT2D eigenvalue weighted by Gasteiger charge is 2.31. The minimum Gasteiger partial charge on any atom is -0.500 e. The van der Waals surface area contributed by atoms with Gasteiger partial charge in [-0.1, -0.05) is 6.58 Å². The van der Waals surface area contributed by atoms with Gasteiger partial charge in [-0.15, -0.1) is 0 Å². The summed E-state index contributed by atoms with van der Waals surface area (Å²) in [5.41, 5.74) is 5.58. The molecule has 1 aliphatic heterocycles. The van der Waals surface area contributed by atoms with Gasteiger partial charge in [-0.3, -0.25) is 9.69 Å². The van der Waals surface area contributed by atoms with Gasteiger partial charge in [0.05, 0.1) is 18.7 Å². The van der Waals surface area contributed by atoms with Crippen molar-refractivity contribution in [3.63, 3.8) is 0 Å². The molecule has 7 heteroatoms. The van der Waals surface area contributed by atoms with Crippen molar-refractivity contribution < 1.29 is 23.6 Å². The van der Waals surface area contributed by atoms with Crippen molar-refractivity contribution in [3.8, 4) is 0 Å². The number of ether oxygens (including phenoxy) is 2. The van der Waals surface area contributed by atoms with Crippen LogP contribution in [0.5, 0.6) is 0 Å². The third-order valence-electron chi connectivity index (χ3n) is 3.88. The molecule has 1 fully saturated rings. The molecule has 1 aromatic heterocycles. The molecule has 2 amide bonds. The maximum absolute atomic E-state index is 12.3. The molecule has 1 saturated heterocycles. The molecule has 1 atom stereocenters. The van der Waals surface area contributed by atoms with E-state index in [1.165, 1.54) is 0 Å². The number of hydrogen-bond acceptors (Lipinski definition) is 4. The van der Waals surface area contributed by atoms with Crippen LogP contribution in [0.15, 0.2) is 36.9 Å². The van der Waals surface area contributed by atoms with Crippen LogP contribution in [0, 0.1) is 0 Å². The van der Waals surface area contributed by atoms with Crippen LogP contribution >= 0.6 is 0 Å². The summed E-state index contributed by atoms with van der Waals surface area (Å²) in [4.78, 5) is 25.0. The predicted molar refractivity (Wildman–Crippen MR) is 82.1 cm³/mol. The zero-order valence-corrected chi connectivity index (χ0v) is 13.2. The normalized spacial score (nSPS) is 17.4. The molecule has 2 N–H and O–H groups in total. The first-order valence-corrected chi connectivity index (χ1v) is 7.48. The van der Waals surface area contributed by atoms with Crippen molar-refractivity contribution in [2.45, 2.75) is 32.0 Å². The Morgan fingerprint density at radius 3 is 2.70 bits per heavy atom. The summed E-state index contributed by atoms with van der Waals surface area (Å²) >= 11 is 0. The average molecular weight is 320 g/mol. The summed E-state index contributed by atoms with van der Waals surface area (Å²) in [6.07, 6.45) is 5.65. The highest BCUT2D eigenvalue weighted by atomic mass is 16.6. The van der Waals surface area contributed by atoms with Gasteiger partial charge in [0.25, 0.3) is 6.73 Å². The average Bonchev–Trinajstić information content (AvgIpc) is 2.59. The molecule has 1 unspecified atom stereocenters. The minimum absolute atomic E-state index is 0.0561. The number of pyridine rings is 1. The quantitative estimate of drug-likeness (QED) is 0.652. The molecule has 0 radical (unpaired) electrons. The van der Waals surface area contributed by atoms with Gasteiger partial charge in [-0.25, -0.2) is 4.79 Å². The number of carbonyl (C=O) groups excluding carboxylic acids is 2. The van der Waals surface area contributed by atoms with E-state index in [9.17, 15) is 9.59 Å². The van der Waals surface area contributed by atoms with Gasteiger partial charge in [0, 0.05) is 18.7 Å². The summed E-state index contributed by atoms with van der Waals surface area (Å²) in [6.45, 7) is 4.53. The van der Waals surface area contributed by atoms with E-state index >= 15 is 0 Å². The van der Waals surface area contributed by atoms with Gasteiger partial charge in [0.2, 0.25) is 5.91 Å². The number of likely N-dealkylation sites (tertiary alicyclic amines) is 1. The first-order valence-electron chi connectivity index (χ1n) is 7.48. The molecule has 1 aromatic rings. The molecule has 0 spiro atoms. The zero-order chi connectivity index (χ0) is 16.8. The third-order valence-corrected chi connectivity index (χ3v) is 3.88. The smallest absolute Gasteiger partial charge is 0.415 e. The lowest BCUT2D eigenvalue weighted by atomic mass is 10.0. The van der Waals surface area contributed by atoms with Crippen LogP contribution in [0.3, 0.4) is 0 Å². The number of rotatable bonds is 5. The van der Waals surface area contributed by atoms with Crippen molar-refractivity contribution in [2.75, 3.05) is 13.7 Å². The number of hydrogen-bond donors (Lipinski definition) is 1. The van der Waals surface area contributed by atoms with E-state index in [-0.39, 0.29) is 12.8 Å². The Bertz CT molecular complexity index is 585. The van der Waals surface area contributed by atoms with Crippen molar-refractivity contribution >= 4 is 12.0 Å². The molecule has 124 valence electrons. The zero-order valence-electron chi connectivity index (χ0n) is 13.2. The van der Waals surface area contributed by atoms with Gasteiger partial charge in [-0.05, 0) is 19.3 Å². The minimum atomic E-state index is -0.497. The fourth-order valence-corrected chi connectivity index (χ4v) is 2.54. The molecule has 7 nitrogen and oxygen atoms in total. The summed E-state index contributed by atoms with van der Waals surface area (Å²) in [7, 11) is 1.55. The fourth-order valence-electron chi connectivity index (χ4n) is 2.54. The van der Waals surface area contributed by atoms with E-state index in [4.69, 9.17) is 15.2 Å². The van der Waals surface area contributed by atoms with E-state index in [1.807, 2.05) is 0 Å². The van der Waals surface area contributed by atoms with Crippen LogP contribution in [0.2, 0.25) is 0 Å². The largest absolute Gasteiger partial charge is 0.500 e. The Morgan fingerprint density at radius 1 is 1.39 bits per heavy atom. The number of nitrogens with zero attached hydrogens (tertiary/aromatic N) is 2. The maximum Gasteiger partial charge on any atom is 0.415 e. The lowest BCUT2D eigenvalue weighted by Crippen LogP contribution is -2.47. The highest BCUT2D eigenvalue weighted by molar-refractivity contribution is 5.92. The highest BCUT2D eigenvalue weighted by Crippen LogP contribution is 2.23. The third kappa shape index (κ3) is 4.21. The van der Waals surface area contributed by atoms with Crippen LogP contribution in [0.4, 0.5) is 4.79 Å². The lowest BCUT2D eigenvalue weighted by Gasteiger charge is -2.34. The van der Waals surface area contributed by atoms with Gasteiger partial charge < -0.3 is 15.2 Å². The van der Waals surface area contributed by atoms with Gasteiger partial charge >= 0.3 is 6.09 Å². The molecule has 0 aliphatic carbocycles. The first kappa shape index (κ1) is 16.8. The number of nitrogens with two attached hydrogens (primary N) is 1. The number of piperidine rings is 1. The van der Waals surface area contributed by atoms with Crippen molar-refractivity contribution in [1.82, 2.24) is 4.90 Å². The second-order valence-corrected chi connectivity index (χ2v) is 5.38. The Labute approximate surface area is 135 Å². The van der Waals surface area contributed by atoms with Crippen LogP contribution in [-0.2, 0) is 16.2 Å². The summed E-state index contributed by atoms with van der Waals surface area (Å²) in [5.74, 6) is 0.0727. The molecular weight excluding hydrogens is 298 g/mol. The van der Waals surface area contributed by atoms with E-state index in [1.54, 1.807) is 41.1 Å². The van der Waals surface area contributed by atoms with Crippen molar-refractivity contribution in [2.24, 2.45) is 5.73 Å². The molecule has 1 aliphatic rings. The molecule has 2 rings (SSSR count). The standard InChI is InChI=1S/C16H21N3O4/c1-12(22-2)14-5-3-4-8-19(14)16(21)23-11-18-9-6-13(7-10-18)15(17)20/h6-7,9-10,14H,1,3-5,8,11H2,2H3,(H-,17,20)/p+1. The van der Waals surface area contributed by atoms with Crippen molar-refractivity contribution in [3.05, 3.63) is 42.4 Å². The fraction of sp³-hybridized carbons (Fsp3) is 0.438. The van der Waals surface area contributed by atoms with E-state index in [0.29, 0.717) is 17.9 Å². The molecule has 0 bridgehead atoms. The van der Waals surface area contributed by atoms with Crippen molar-refractivity contribution in [1.29, 1.82) is 0 Å². The number of carbonyl (C=O) groups is 2. The second-order valence-electron chi connectivity index (χ2n) is 5.38. The maximum atomic E-state index is 12.3. The summed E-state index contributed by atoms with van der Waals surface area (Å²) in [5, 5.41) is 0. The van der Waals surface area contributed by atoms with Gasteiger partial charge in [-0.2, -0.15) is 4.57 Å². The number of methoxy groups -OCH3 is 1. The van der Waals surface area contributed by atoms with E-state index < -0.39 is 12.0 Å². The Hall–Kier alpha value is -2.57. The molecular formula is C16H22N3O4+. The Balaban J connectivity index is 1.94. The van der Waals surface area contributed by atoms with Gasteiger partial charge in [0.1, 0.15) is 5.76 Å². The van der Waals surface area contributed by atoms with E-state index in [2.05, 4.69) is 6.58 Å². The molecule has 23 heavy (non-hydrogen) atoms. The second kappa shape index (κ2) is 7.62. The lowest BCUT2D eigenvalue weighted by molar-refractivity contribution is -0.727. The Kier molecular flexibility index (Phi) is 5.56. The van der Waals surface area contributed by atoms with Crippen LogP contribution in [0.1, 0.15) is 29.6 Å². The summed E-state index contributed by atoms with van der Waals surface area (Å²) in [6, 6.07) is 3.00. The van der Waals surface area contributed by atoms with Crippen LogP contribution in [0.25, 0.3) is 0 Å². The topological polar surface area (TPSA) is 85.7 Å². The number of aromatic nitrogens is 1. The first-order chi connectivity index (χ1) is 11.0. The monoisotopic (exact) mass is 320 g/mol. The molecule has 0 aromatic carbocycles.